The van der Waals surface area contributed by atoms with Crippen molar-refractivity contribution in [2.75, 3.05) is 13.2 Å². The molecule has 2 aliphatic heterocycles. The molecule has 0 aliphatic carbocycles. The Labute approximate surface area is 180 Å². The lowest BCUT2D eigenvalue weighted by molar-refractivity contribution is -0.136. The summed E-state index contributed by atoms with van der Waals surface area (Å²) < 4.78 is 13.0. The molecule has 1 amide bonds. The van der Waals surface area contributed by atoms with Gasteiger partial charge in [-0.15, -0.1) is 0 Å². The van der Waals surface area contributed by atoms with Gasteiger partial charge < -0.3 is 14.6 Å². The highest BCUT2D eigenvalue weighted by Crippen LogP contribution is 2.41. The van der Waals surface area contributed by atoms with E-state index in [4.69, 9.17) is 9.47 Å². The lowest BCUT2D eigenvalue weighted by atomic mass is 9.78. The van der Waals surface area contributed by atoms with Crippen LogP contribution in [0.1, 0.15) is 24.0 Å². The highest BCUT2D eigenvalue weighted by Gasteiger charge is 2.49. The van der Waals surface area contributed by atoms with Gasteiger partial charge in [-0.25, -0.2) is 9.48 Å². The van der Waals surface area contributed by atoms with Gasteiger partial charge in [0.2, 0.25) is 0 Å². The molecule has 5 rings (SSSR count). The van der Waals surface area contributed by atoms with Crippen LogP contribution in [-0.2, 0) is 21.7 Å². The number of benzene rings is 2. The molecule has 7 nitrogen and oxygen atoms in total. The van der Waals surface area contributed by atoms with Crippen LogP contribution in [0.2, 0.25) is 0 Å². The standard InChI is InChI=1S/C24H25N3O4/c28-23(31-15-18-7-3-1-4-8-18)27-21-11-24(29,12-22(27)17-30-16-21)19-13-25-26(14-19)20-9-5-2-6-10-20/h1-10,13-14,21-22,29H,11-12,15-17H2. The zero-order valence-corrected chi connectivity index (χ0v) is 17.1. The van der Waals surface area contributed by atoms with Gasteiger partial charge in [-0.2, -0.15) is 5.10 Å². The Morgan fingerprint density at radius 1 is 1.06 bits per heavy atom. The van der Waals surface area contributed by atoms with E-state index in [0.29, 0.717) is 26.1 Å². The summed E-state index contributed by atoms with van der Waals surface area (Å²) in [5.41, 5.74) is 1.56. The molecule has 2 unspecified atom stereocenters. The zero-order chi connectivity index (χ0) is 21.3. The number of piperidine rings is 1. The van der Waals surface area contributed by atoms with Gasteiger partial charge in [0.1, 0.15) is 6.61 Å². The van der Waals surface area contributed by atoms with Crippen LogP contribution in [0.3, 0.4) is 0 Å². The number of morpholine rings is 1. The van der Waals surface area contributed by atoms with Gasteiger partial charge in [0.25, 0.3) is 0 Å². The van der Waals surface area contributed by atoms with Crippen LogP contribution in [0.4, 0.5) is 4.79 Å². The van der Waals surface area contributed by atoms with E-state index in [1.54, 1.807) is 15.8 Å². The number of carbonyl (C=O) groups is 1. The van der Waals surface area contributed by atoms with Crippen LogP contribution in [0.15, 0.2) is 73.1 Å². The third-order valence-electron chi connectivity index (χ3n) is 6.11. The number of fused-ring (bicyclic) bond motifs is 2. The van der Waals surface area contributed by atoms with Crippen molar-refractivity contribution >= 4 is 6.09 Å². The van der Waals surface area contributed by atoms with Crippen LogP contribution in [0, 0.1) is 0 Å². The van der Waals surface area contributed by atoms with Crippen molar-refractivity contribution in [2.45, 2.75) is 37.1 Å². The molecule has 0 radical (unpaired) electrons. The van der Waals surface area contributed by atoms with E-state index in [0.717, 1.165) is 16.8 Å². The fourth-order valence-electron chi connectivity index (χ4n) is 4.59. The molecule has 2 atom stereocenters. The summed E-state index contributed by atoms with van der Waals surface area (Å²) in [4.78, 5) is 14.6. The Balaban J connectivity index is 1.31. The largest absolute Gasteiger partial charge is 0.445 e. The number of para-hydroxylation sites is 1. The van der Waals surface area contributed by atoms with Gasteiger partial charge in [-0.3, -0.25) is 4.90 Å². The van der Waals surface area contributed by atoms with Crippen LogP contribution in [0.5, 0.6) is 0 Å². The molecule has 7 heteroatoms. The van der Waals surface area contributed by atoms with Crippen molar-refractivity contribution in [1.82, 2.24) is 14.7 Å². The van der Waals surface area contributed by atoms with E-state index in [1.807, 2.05) is 66.9 Å². The molecule has 31 heavy (non-hydrogen) atoms. The first-order valence-electron chi connectivity index (χ1n) is 10.5. The third kappa shape index (κ3) is 3.94. The minimum Gasteiger partial charge on any atom is -0.445 e. The van der Waals surface area contributed by atoms with E-state index >= 15 is 0 Å². The number of amides is 1. The maximum Gasteiger partial charge on any atom is 0.410 e. The second-order valence-electron chi connectivity index (χ2n) is 8.24. The van der Waals surface area contributed by atoms with Crippen molar-refractivity contribution < 1.29 is 19.4 Å². The van der Waals surface area contributed by atoms with Crippen molar-refractivity contribution in [3.8, 4) is 5.69 Å². The average Bonchev–Trinajstić information content (AvgIpc) is 3.30. The molecule has 3 aromatic rings. The Hall–Kier alpha value is -3.16. The molecule has 3 heterocycles. The number of ether oxygens (including phenoxy) is 2. The lowest BCUT2D eigenvalue weighted by Crippen LogP contribution is -2.62. The SMILES string of the molecule is O=C(OCc1ccccc1)N1C2COCC1CC(O)(c1cnn(-c3ccccc3)c1)C2. The van der Waals surface area contributed by atoms with Gasteiger partial charge in [-0.05, 0) is 17.7 Å². The van der Waals surface area contributed by atoms with Crippen LogP contribution >= 0.6 is 0 Å². The molecule has 160 valence electrons. The number of carbonyl (C=O) groups excluding carboxylic acids is 1. The summed E-state index contributed by atoms with van der Waals surface area (Å²) >= 11 is 0. The first-order chi connectivity index (χ1) is 15.1. The van der Waals surface area contributed by atoms with Crippen LogP contribution < -0.4 is 0 Å². The van der Waals surface area contributed by atoms with E-state index in [1.165, 1.54) is 0 Å². The van der Waals surface area contributed by atoms with Gasteiger partial charge in [0.05, 0.1) is 42.8 Å². The van der Waals surface area contributed by atoms with Crippen LogP contribution in [-0.4, -0.2) is 51.2 Å². The smallest absolute Gasteiger partial charge is 0.410 e. The number of hydrogen-bond acceptors (Lipinski definition) is 5. The fraction of sp³-hybridized carbons (Fsp3) is 0.333. The molecule has 2 fully saturated rings. The summed E-state index contributed by atoms with van der Waals surface area (Å²) in [6.07, 6.45) is 3.99. The minimum atomic E-state index is -1.07. The van der Waals surface area contributed by atoms with Crippen LogP contribution in [0.25, 0.3) is 5.69 Å². The number of rotatable bonds is 4. The Kier molecular flexibility index (Phi) is 5.21. The summed E-state index contributed by atoms with van der Waals surface area (Å²) in [6.45, 7) is 0.989. The van der Waals surface area contributed by atoms with E-state index in [2.05, 4.69) is 5.10 Å². The number of nitrogens with zero attached hydrogens (tertiary/aromatic N) is 3. The van der Waals surface area contributed by atoms with Crippen molar-refractivity contribution in [1.29, 1.82) is 0 Å². The maximum absolute atomic E-state index is 12.9. The fourth-order valence-corrected chi connectivity index (χ4v) is 4.59. The van der Waals surface area contributed by atoms with Crippen molar-refractivity contribution in [3.63, 3.8) is 0 Å². The number of aromatic nitrogens is 2. The normalized spacial score (nSPS) is 25.3. The predicted octanol–water partition coefficient (Wildman–Crippen LogP) is 3.26. The Bertz CT molecular complexity index is 1020. The first-order valence-corrected chi connectivity index (χ1v) is 10.5. The van der Waals surface area contributed by atoms with E-state index in [9.17, 15) is 9.90 Å². The topological polar surface area (TPSA) is 76.8 Å². The first kappa shape index (κ1) is 19.8. The van der Waals surface area contributed by atoms with Crippen molar-refractivity contribution in [2.24, 2.45) is 0 Å². The molecule has 2 aliphatic rings. The quantitative estimate of drug-likeness (QED) is 0.703. The Morgan fingerprint density at radius 3 is 2.39 bits per heavy atom. The zero-order valence-electron chi connectivity index (χ0n) is 17.1. The molecule has 1 N–H and O–H groups in total. The molecular formula is C24H25N3O4. The third-order valence-corrected chi connectivity index (χ3v) is 6.11. The Morgan fingerprint density at radius 2 is 1.71 bits per heavy atom. The second-order valence-corrected chi connectivity index (χ2v) is 8.24. The predicted molar refractivity (Wildman–Crippen MR) is 114 cm³/mol. The highest BCUT2D eigenvalue weighted by atomic mass is 16.6. The monoisotopic (exact) mass is 419 g/mol. The molecule has 2 aromatic carbocycles. The summed E-state index contributed by atoms with van der Waals surface area (Å²) in [6, 6.07) is 18.9. The van der Waals surface area contributed by atoms with E-state index < -0.39 is 5.60 Å². The summed E-state index contributed by atoms with van der Waals surface area (Å²) in [7, 11) is 0. The minimum absolute atomic E-state index is 0.227. The molecular weight excluding hydrogens is 394 g/mol. The number of aliphatic hydroxyl groups is 1. The lowest BCUT2D eigenvalue weighted by Gasteiger charge is -2.50. The van der Waals surface area contributed by atoms with E-state index in [-0.39, 0.29) is 24.8 Å². The summed E-state index contributed by atoms with van der Waals surface area (Å²) in [5, 5.41) is 16.0. The van der Waals surface area contributed by atoms with Gasteiger partial charge >= 0.3 is 6.09 Å². The van der Waals surface area contributed by atoms with Gasteiger partial charge in [0, 0.05) is 24.6 Å². The molecule has 2 saturated heterocycles. The highest BCUT2D eigenvalue weighted by molar-refractivity contribution is 5.69. The maximum atomic E-state index is 12.9. The molecule has 1 aromatic heterocycles. The molecule has 0 saturated carbocycles. The average molecular weight is 419 g/mol. The second kappa shape index (κ2) is 8.17. The molecule has 2 bridgehead atoms. The number of hydrogen-bond donors (Lipinski definition) is 1. The van der Waals surface area contributed by atoms with Gasteiger partial charge in [0.15, 0.2) is 0 Å². The van der Waals surface area contributed by atoms with Crippen molar-refractivity contribution in [3.05, 3.63) is 84.2 Å². The summed E-state index contributed by atoms with van der Waals surface area (Å²) in [5.74, 6) is 0. The van der Waals surface area contributed by atoms with Gasteiger partial charge in [-0.1, -0.05) is 48.5 Å². The molecule has 0 spiro atoms.